The predicted octanol–water partition coefficient (Wildman–Crippen LogP) is 10.2. The van der Waals surface area contributed by atoms with Crippen molar-refractivity contribution in [2.75, 3.05) is 13.2 Å². The second kappa shape index (κ2) is 12.9. The van der Waals surface area contributed by atoms with Crippen molar-refractivity contribution >= 4 is 5.97 Å². The summed E-state index contributed by atoms with van der Waals surface area (Å²) in [7, 11) is 0. The first-order valence-electron chi connectivity index (χ1n) is 21.6. The maximum Gasteiger partial charge on any atom is 0.312 e. The third kappa shape index (κ3) is 5.78. The van der Waals surface area contributed by atoms with Crippen molar-refractivity contribution in [2.45, 2.75) is 181 Å². The first-order chi connectivity index (χ1) is 24.2. The van der Waals surface area contributed by atoms with Gasteiger partial charge in [0.1, 0.15) is 6.67 Å². The van der Waals surface area contributed by atoms with Gasteiger partial charge in [0.05, 0.1) is 16.6 Å². The molecule has 0 amide bonds. The molecule has 4 N–H and O–H groups in total. The third-order valence-corrected chi connectivity index (χ3v) is 18.9. The number of rotatable bonds is 8. The largest absolute Gasteiger partial charge is 0.481 e. The number of allylic oxidation sites excluding steroid dienone is 4. The fraction of sp³-hybridized carbons (Fsp3) is 0.891. The molecule has 7 aliphatic rings. The van der Waals surface area contributed by atoms with E-state index >= 15 is 0 Å². The zero-order chi connectivity index (χ0) is 37.8. The minimum absolute atomic E-state index is 0.00507. The Morgan fingerprint density at radius 2 is 1.54 bits per heavy atom. The number of nitrogens with one attached hydrogen (secondary N) is 1. The summed E-state index contributed by atoms with van der Waals surface area (Å²) in [6, 6.07) is 0. The van der Waals surface area contributed by atoms with Crippen LogP contribution >= 0.6 is 0 Å². The fourth-order valence-corrected chi connectivity index (χ4v) is 15.4. The molecular weight excluding hydrogens is 650 g/mol. The second-order valence-corrected chi connectivity index (χ2v) is 21.9. The standard InChI is InChI=1S/C46H74FNO4/c1-30(2)32-13-20-46(48-28-27-45(52)24-21-40(5,51)22-25-45)26-23-42(7)34(37(32)46)9-10-36-41(6)16-14-33(39(3,4)35(41)15-17-43(36,42)8)31-11-18-44(29-47,19-12-31)38(49)50/h11,14,30,32,34-37,48,51-52H,9-10,12-13,15-29H2,1-8H3,(H,49,50)/t32-,34+,35-,36+,37+,40-,41-,42+,43+,44-,45-,46-/m0/s1. The summed E-state index contributed by atoms with van der Waals surface area (Å²) in [4.78, 5) is 12.0. The van der Waals surface area contributed by atoms with Gasteiger partial charge in [-0.15, -0.1) is 0 Å². The molecule has 7 rings (SSSR count). The highest BCUT2D eigenvalue weighted by Crippen LogP contribution is 2.76. The van der Waals surface area contributed by atoms with Crippen LogP contribution < -0.4 is 5.32 Å². The summed E-state index contributed by atoms with van der Waals surface area (Å²) in [5.74, 6) is 3.02. The predicted molar refractivity (Wildman–Crippen MR) is 207 cm³/mol. The lowest BCUT2D eigenvalue weighted by atomic mass is 9.32. The van der Waals surface area contributed by atoms with Crippen molar-refractivity contribution < 1.29 is 24.5 Å². The number of halogens is 1. The van der Waals surface area contributed by atoms with Gasteiger partial charge in [0.15, 0.2) is 0 Å². The van der Waals surface area contributed by atoms with E-state index in [9.17, 15) is 24.5 Å². The van der Waals surface area contributed by atoms with Crippen LogP contribution in [0.3, 0.4) is 0 Å². The Balaban J connectivity index is 1.13. The van der Waals surface area contributed by atoms with Crippen LogP contribution in [-0.4, -0.2) is 51.2 Å². The van der Waals surface area contributed by atoms with Crippen molar-refractivity contribution in [3.63, 3.8) is 0 Å². The molecule has 5 saturated carbocycles. The van der Waals surface area contributed by atoms with Gasteiger partial charge in [-0.3, -0.25) is 4.79 Å². The molecule has 0 aromatic rings. The van der Waals surface area contributed by atoms with Crippen LogP contribution in [0.25, 0.3) is 0 Å². The molecule has 0 unspecified atom stereocenters. The molecule has 7 aliphatic carbocycles. The van der Waals surface area contributed by atoms with E-state index in [-0.39, 0.29) is 27.2 Å². The highest BCUT2D eigenvalue weighted by atomic mass is 19.1. The molecule has 5 fully saturated rings. The molecule has 0 aromatic heterocycles. The monoisotopic (exact) mass is 724 g/mol. The van der Waals surface area contributed by atoms with Crippen LogP contribution in [0.2, 0.25) is 0 Å². The Hall–Kier alpha value is -1.24. The number of alkyl halides is 1. The normalized spacial score (nSPS) is 50.0. The fourth-order valence-electron chi connectivity index (χ4n) is 15.4. The van der Waals surface area contributed by atoms with Gasteiger partial charge in [-0.2, -0.15) is 0 Å². The molecule has 0 heterocycles. The van der Waals surface area contributed by atoms with Crippen molar-refractivity contribution in [3.8, 4) is 0 Å². The van der Waals surface area contributed by atoms with Gasteiger partial charge in [0, 0.05) is 5.54 Å². The average Bonchev–Trinajstić information content (AvgIpc) is 3.46. The van der Waals surface area contributed by atoms with Crippen molar-refractivity contribution in [1.29, 1.82) is 0 Å². The van der Waals surface area contributed by atoms with Crippen LogP contribution in [0.4, 0.5) is 4.39 Å². The number of hydrogen-bond donors (Lipinski definition) is 4. The number of fused-ring (bicyclic) bond motifs is 7. The van der Waals surface area contributed by atoms with Crippen molar-refractivity contribution in [3.05, 3.63) is 23.3 Å². The van der Waals surface area contributed by atoms with Crippen molar-refractivity contribution in [2.24, 2.45) is 62.6 Å². The van der Waals surface area contributed by atoms with Gasteiger partial charge < -0.3 is 20.6 Å². The van der Waals surface area contributed by atoms with Crippen LogP contribution in [0.5, 0.6) is 0 Å². The number of carboxylic acid groups (broad SMARTS) is 1. The van der Waals surface area contributed by atoms with E-state index in [2.05, 4.69) is 65.9 Å². The van der Waals surface area contributed by atoms with Gasteiger partial charge in [-0.05, 0) is 191 Å². The number of carbonyl (C=O) groups is 1. The molecule has 6 heteroatoms. The van der Waals surface area contributed by atoms with Crippen molar-refractivity contribution in [1.82, 2.24) is 5.32 Å². The summed E-state index contributed by atoms with van der Waals surface area (Å²) in [6.45, 7) is 20.0. The molecule has 10 atom stereocenters. The first-order valence-corrected chi connectivity index (χ1v) is 21.6. The summed E-state index contributed by atoms with van der Waals surface area (Å²) in [5, 5.41) is 36.1. The van der Waals surface area contributed by atoms with Gasteiger partial charge in [0.25, 0.3) is 0 Å². The minimum Gasteiger partial charge on any atom is -0.481 e. The lowest BCUT2D eigenvalue weighted by Gasteiger charge is -2.72. The second-order valence-electron chi connectivity index (χ2n) is 21.9. The number of carboxylic acids is 1. The van der Waals surface area contributed by atoms with E-state index in [0.29, 0.717) is 74.5 Å². The zero-order valence-electron chi connectivity index (χ0n) is 34.2. The van der Waals surface area contributed by atoms with Gasteiger partial charge in [-0.1, -0.05) is 60.6 Å². The quantitative estimate of drug-likeness (QED) is 0.200. The van der Waals surface area contributed by atoms with Gasteiger partial charge in [0.2, 0.25) is 0 Å². The molecular formula is C46H74FNO4. The molecule has 0 aliphatic heterocycles. The summed E-state index contributed by atoms with van der Waals surface area (Å²) in [6.07, 6.45) is 20.8. The molecule has 0 aromatic carbocycles. The Morgan fingerprint density at radius 1 is 0.827 bits per heavy atom. The smallest absolute Gasteiger partial charge is 0.312 e. The Bertz CT molecular complexity index is 1460. The molecule has 0 spiro atoms. The third-order valence-electron chi connectivity index (χ3n) is 18.9. The number of aliphatic hydroxyl groups is 2. The average molecular weight is 724 g/mol. The van der Waals surface area contributed by atoms with E-state index in [1.165, 1.54) is 62.5 Å². The molecule has 294 valence electrons. The molecule has 0 saturated heterocycles. The lowest BCUT2D eigenvalue weighted by molar-refractivity contribution is -0.223. The SMILES string of the molecule is CC(C)[C@@H]1CC[C@]2(NCC[C@]3(O)CC[C@](C)(O)CC3)CC[C@]3(C)[C@H](CC[C@@H]4[C@@]5(C)CC=C(C6=CC[C@](CF)(C(=O)O)CC6)C(C)(C)[C@@H]5CC[C@]43C)[C@@H]12. The van der Waals surface area contributed by atoms with E-state index in [1.807, 2.05) is 6.92 Å². The number of aliphatic carboxylic acids is 1. The Labute approximate surface area is 315 Å². The van der Waals surface area contributed by atoms with Gasteiger partial charge >= 0.3 is 5.97 Å². The summed E-state index contributed by atoms with van der Waals surface area (Å²) >= 11 is 0. The Kier molecular flexibility index (Phi) is 9.68. The van der Waals surface area contributed by atoms with E-state index in [1.54, 1.807) is 0 Å². The highest BCUT2D eigenvalue weighted by molar-refractivity contribution is 5.75. The summed E-state index contributed by atoms with van der Waals surface area (Å²) < 4.78 is 14.0. The maximum atomic E-state index is 14.0. The summed E-state index contributed by atoms with van der Waals surface area (Å²) in [5.41, 5.74) is 1.09. The van der Waals surface area contributed by atoms with E-state index in [0.717, 1.165) is 25.3 Å². The molecule has 52 heavy (non-hydrogen) atoms. The van der Waals surface area contributed by atoms with Crippen LogP contribution in [0.15, 0.2) is 23.3 Å². The Morgan fingerprint density at radius 3 is 2.15 bits per heavy atom. The molecule has 0 radical (unpaired) electrons. The van der Waals surface area contributed by atoms with Crippen LogP contribution in [0.1, 0.15) is 165 Å². The highest BCUT2D eigenvalue weighted by Gasteiger charge is 2.70. The van der Waals surface area contributed by atoms with Crippen LogP contribution in [-0.2, 0) is 4.79 Å². The first kappa shape index (κ1) is 39.0. The molecule has 5 nitrogen and oxygen atoms in total. The maximum absolute atomic E-state index is 14.0. The molecule has 0 bridgehead atoms. The van der Waals surface area contributed by atoms with Gasteiger partial charge in [-0.25, -0.2) is 4.39 Å². The topological polar surface area (TPSA) is 89.8 Å². The van der Waals surface area contributed by atoms with E-state index < -0.39 is 29.3 Å². The minimum atomic E-state index is -1.25. The zero-order valence-corrected chi connectivity index (χ0v) is 34.2. The van der Waals surface area contributed by atoms with Crippen LogP contribution in [0, 0.1) is 62.6 Å². The van der Waals surface area contributed by atoms with E-state index in [4.69, 9.17) is 0 Å². The lowest BCUT2D eigenvalue weighted by Crippen LogP contribution is -2.68. The number of hydrogen-bond acceptors (Lipinski definition) is 4.